The van der Waals surface area contributed by atoms with E-state index < -0.39 is 0 Å². The van der Waals surface area contributed by atoms with Crippen LogP contribution in [0.5, 0.6) is 0 Å². The molecule has 1 amide bonds. The van der Waals surface area contributed by atoms with Crippen molar-refractivity contribution in [2.45, 2.75) is 63.5 Å². The molecule has 2 aromatic rings. The zero-order chi connectivity index (χ0) is 20.9. The molecule has 7 nitrogen and oxygen atoms in total. The normalized spacial score (nSPS) is 20.6. The lowest BCUT2D eigenvalue weighted by Gasteiger charge is -2.31. The quantitative estimate of drug-likeness (QED) is 0.654. The summed E-state index contributed by atoms with van der Waals surface area (Å²) >= 11 is 3.50. The first-order chi connectivity index (χ1) is 14.6. The largest absolute Gasteiger partial charge is 0.356 e. The fourth-order valence-corrected chi connectivity index (χ4v) is 6.61. The zero-order valence-corrected chi connectivity index (χ0v) is 19.3. The van der Waals surface area contributed by atoms with E-state index >= 15 is 0 Å². The molecule has 0 aromatic carbocycles. The third-order valence-corrected chi connectivity index (χ3v) is 8.39. The van der Waals surface area contributed by atoms with Gasteiger partial charge in [0, 0.05) is 36.6 Å². The molecule has 1 unspecified atom stereocenters. The average molecular weight is 450 g/mol. The Morgan fingerprint density at radius 3 is 2.93 bits per heavy atom. The lowest BCUT2D eigenvalue weighted by atomic mass is 9.97. The fourth-order valence-electron chi connectivity index (χ4n) is 4.31. The van der Waals surface area contributed by atoms with Crippen LogP contribution >= 0.6 is 23.1 Å². The van der Waals surface area contributed by atoms with Gasteiger partial charge in [-0.3, -0.25) is 9.59 Å². The number of anilines is 1. The van der Waals surface area contributed by atoms with Gasteiger partial charge in [-0.25, -0.2) is 4.98 Å². The molecule has 4 rings (SSSR count). The number of aryl methyl sites for hydroxylation is 1. The molecule has 2 aromatic heterocycles. The Morgan fingerprint density at radius 1 is 1.27 bits per heavy atom. The van der Waals surface area contributed by atoms with Crippen molar-refractivity contribution in [1.82, 2.24) is 19.9 Å². The monoisotopic (exact) mass is 449 g/mol. The predicted molar refractivity (Wildman–Crippen MR) is 124 cm³/mol. The summed E-state index contributed by atoms with van der Waals surface area (Å²) < 4.78 is 1.36. The van der Waals surface area contributed by atoms with Gasteiger partial charge in [-0.2, -0.15) is 16.3 Å². The van der Waals surface area contributed by atoms with Gasteiger partial charge in [0.15, 0.2) is 0 Å². The summed E-state index contributed by atoms with van der Waals surface area (Å²) in [4.78, 5) is 31.9. The van der Waals surface area contributed by atoms with E-state index in [0.29, 0.717) is 17.2 Å². The van der Waals surface area contributed by atoms with Crippen molar-refractivity contribution in [2.75, 3.05) is 30.3 Å². The predicted octanol–water partition coefficient (Wildman–Crippen LogP) is 3.25. The van der Waals surface area contributed by atoms with E-state index in [4.69, 9.17) is 0 Å². The third-order valence-electron chi connectivity index (χ3n) is 5.95. The van der Waals surface area contributed by atoms with E-state index in [1.165, 1.54) is 54.0 Å². The Morgan fingerprint density at radius 2 is 2.10 bits per heavy atom. The van der Waals surface area contributed by atoms with Crippen LogP contribution in [0.25, 0.3) is 4.96 Å². The van der Waals surface area contributed by atoms with Crippen molar-refractivity contribution in [1.29, 1.82) is 0 Å². The first-order valence-electron chi connectivity index (χ1n) is 11.1. The molecule has 0 bridgehead atoms. The highest BCUT2D eigenvalue weighted by atomic mass is 32.2. The summed E-state index contributed by atoms with van der Waals surface area (Å²) in [5.41, 5.74) is 0.546. The highest BCUT2D eigenvalue weighted by Gasteiger charge is 2.27. The van der Waals surface area contributed by atoms with Gasteiger partial charge < -0.3 is 10.2 Å². The third kappa shape index (κ3) is 5.35. The molecular weight excluding hydrogens is 418 g/mol. The molecule has 1 saturated heterocycles. The minimum atomic E-state index is -0.155. The van der Waals surface area contributed by atoms with Crippen LogP contribution in [0.2, 0.25) is 0 Å². The highest BCUT2D eigenvalue weighted by Crippen LogP contribution is 2.29. The number of carbonyl (C=O) groups is 1. The van der Waals surface area contributed by atoms with Gasteiger partial charge >= 0.3 is 0 Å². The smallest absolute Gasteiger partial charge is 0.275 e. The second kappa shape index (κ2) is 10.1. The number of rotatable bonds is 7. The van der Waals surface area contributed by atoms with Gasteiger partial charge in [-0.1, -0.05) is 30.6 Å². The van der Waals surface area contributed by atoms with Crippen LogP contribution in [-0.2, 0) is 4.79 Å². The van der Waals surface area contributed by atoms with Crippen molar-refractivity contribution >= 4 is 39.1 Å². The van der Waals surface area contributed by atoms with E-state index in [-0.39, 0.29) is 17.4 Å². The SMILES string of the molecule is Cc1cc(=O)n2nc(N3CCCC(C(=O)NCCCSC4CCCCC4)C3)sc2n1. The number of carbonyl (C=O) groups excluding carboxylic acids is 1. The number of thioether (sulfide) groups is 1. The number of piperidine rings is 1. The molecule has 3 heterocycles. The van der Waals surface area contributed by atoms with Gasteiger partial charge in [-0.15, -0.1) is 5.10 Å². The van der Waals surface area contributed by atoms with Gasteiger partial charge in [-0.05, 0) is 44.8 Å². The number of nitrogens with zero attached hydrogens (tertiary/aromatic N) is 4. The Labute approximate surface area is 185 Å². The number of hydrogen-bond acceptors (Lipinski definition) is 7. The highest BCUT2D eigenvalue weighted by molar-refractivity contribution is 7.99. The Bertz CT molecular complexity index is 922. The molecule has 9 heteroatoms. The van der Waals surface area contributed by atoms with Gasteiger partial charge in [0.05, 0.1) is 5.92 Å². The minimum absolute atomic E-state index is 0.0248. The summed E-state index contributed by atoms with van der Waals surface area (Å²) in [5.74, 6) is 1.26. The Hall–Kier alpha value is -1.61. The van der Waals surface area contributed by atoms with Crippen molar-refractivity contribution in [3.8, 4) is 0 Å². The van der Waals surface area contributed by atoms with Crippen LogP contribution in [-0.4, -0.2) is 51.1 Å². The molecule has 1 aliphatic carbocycles. The number of fused-ring (bicyclic) bond motifs is 1. The maximum absolute atomic E-state index is 12.7. The van der Waals surface area contributed by atoms with Crippen molar-refractivity contribution < 1.29 is 4.79 Å². The van der Waals surface area contributed by atoms with Crippen LogP contribution in [0.4, 0.5) is 5.13 Å². The fraction of sp³-hybridized carbons (Fsp3) is 0.714. The van der Waals surface area contributed by atoms with E-state index in [1.807, 2.05) is 6.92 Å². The number of hydrogen-bond donors (Lipinski definition) is 1. The van der Waals surface area contributed by atoms with Crippen LogP contribution in [0.1, 0.15) is 57.1 Å². The number of aromatic nitrogens is 3. The molecule has 2 fully saturated rings. The average Bonchev–Trinajstić information content (AvgIpc) is 3.19. The molecule has 1 aliphatic heterocycles. The van der Waals surface area contributed by atoms with Gasteiger partial charge in [0.1, 0.15) is 0 Å². The molecule has 1 N–H and O–H groups in total. The number of nitrogens with one attached hydrogen (secondary N) is 1. The van der Waals surface area contributed by atoms with E-state index in [9.17, 15) is 9.59 Å². The molecule has 0 radical (unpaired) electrons. The summed E-state index contributed by atoms with van der Waals surface area (Å²) in [5, 5.41) is 9.20. The van der Waals surface area contributed by atoms with E-state index in [0.717, 1.165) is 48.5 Å². The van der Waals surface area contributed by atoms with Crippen molar-refractivity contribution in [3.05, 3.63) is 22.1 Å². The maximum atomic E-state index is 12.7. The minimum Gasteiger partial charge on any atom is -0.356 e. The zero-order valence-electron chi connectivity index (χ0n) is 17.6. The lowest BCUT2D eigenvalue weighted by Crippen LogP contribution is -2.43. The molecule has 1 saturated carbocycles. The van der Waals surface area contributed by atoms with E-state index in [1.54, 1.807) is 0 Å². The molecule has 164 valence electrons. The molecule has 1 atom stereocenters. The molecule has 0 spiro atoms. The van der Waals surface area contributed by atoms with Crippen LogP contribution in [0.15, 0.2) is 10.9 Å². The van der Waals surface area contributed by atoms with Crippen LogP contribution in [0, 0.1) is 12.8 Å². The second-order valence-corrected chi connectivity index (χ2v) is 10.7. The summed E-state index contributed by atoms with van der Waals surface area (Å²) in [6.07, 6.45) is 9.78. The molecule has 2 aliphatic rings. The summed E-state index contributed by atoms with van der Waals surface area (Å²) in [6, 6.07) is 1.50. The first kappa shape index (κ1) is 21.6. The molecular formula is C21H31N5O2S2. The second-order valence-electron chi connectivity index (χ2n) is 8.38. The Kier molecular flexibility index (Phi) is 7.30. The van der Waals surface area contributed by atoms with Gasteiger partial charge in [0.25, 0.3) is 5.56 Å². The lowest BCUT2D eigenvalue weighted by molar-refractivity contribution is -0.125. The standard InChI is InChI=1S/C21H31N5O2S2/c1-15-13-18(27)26-20(23-15)30-21(24-26)25-11-5-7-16(14-25)19(28)22-10-6-12-29-17-8-3-2-4-9-17/h13,16-17H,2-12,14H2,1H3,(H,22,28). The topological polar surface area (TPSA) is 79.6 Å². The van der Waals surface area contributed by atoms with Crippen molar-refractivity contribution in [2.24, 2.45) is 5.92 Å². The summed E-state index contributed by atoms with van der Waals surface area (Å²) in [6.45, 7) is 4.08. The van der Waals surface area contributed by atoms with Crippen molar-refractivity contribution in [3.63, 3.8) is 0 Å². The first-order valence-corrected chi connectivity index (χ1v) is 13.0. The Balaban J connectivity index is 1.25. The number of amides is 1. The van der Waals surface area contributed by atoms with Crippen LogP contribution < -0.4 is 15.8 Å². The van der Waals surface area contributed by atoms with Gasteiger partial charge in [0.2, 0.25) is 16.0 Å². The molecule has 30 heavy (non-hydrogen) atoms. The van der Waals surface area contributed by atoms with Crippen LogP contribution in [0.3, 0.4) is 0 Å². The van der Waals surface area contributed by atoms with E-state index in [2.05, 4.69) is 32.1 Å². The summed E-state index contributed by atoms with van der Waals surface area (Å²) in [7, 11) is 0. The maximum Gasteiger partial charge on any atom is 0.275 e.